The molecule has 162 valence electrons. The molecule has 0 spiro atoms. The smallest absolute Gasteiger partial charge is 0.261 e. The molecule has 31 heavy (non-hydrogen) atoms. The minimum absolute atomic E-state index is 0.184. The number of sulfonamides is 1. The maximum absolute atomic E-state index is 12.6. The van der Waals surface area contributed by atoms with Crippen molar-refractivity contribution in [2.24, 2.45) is 0 Å². The van der Waals surface area contributed by atoms with Gasteiger partial charge in [0.15, 0.2) is 0 Å². The molecule has 0 unspecified atom stereocenters. The van der Waals surface area contributed by atoms with E-state index in [4.69, 9.17) is 4.74 Å². The second-order valence-corrected chi connectivity index (χ2v) is 8.88. The number of aryl methyl sites for hydroxylation is 1. The maximum atomic E-state index is 12.6. The Kier molecular flexibility index (Phi) is 6.97. The molecule has 0 fully saturated rings. The van der Waals surface area contributed by atoms with Gasteiger partial charge < -0.3 is 10.1 Å². The van der Waals surface area contributed by atoms with Crippen molar-refractivity contribution in [1.82, 2.24) is 5.32 Å². The predicted octanol–water partition coefficient (Wildman–Crippen LogP) is 4.69. The highest BCUT2D eigenvalue weighted by Gasteiger charge is 2.15. The van der Waals surface area contributed by atoms with Crippen LogP contribution in [0.3, 0.4) is 0 Å². The van der Waals surface area contributed by atoms with Crippen LogP contribution in [0, 0.1) is 6.92 Å². The lowest BCUT2D eigenvalue weighted by Gasteiger charge is -2.15. The van der Waals surface area contributed by atoms with Crippen molar-refractivity contribution >= 4 is 21.6 Å². The van der Waals surface area contributed by atoms with E-state index in [1.807, 2.05) is 45.0 Å². The Balaban J connectivity index is 1.63. The first-order valence-corrected chi connectivity index (χ1v) is 11.5. The lowest BCUT2D eigenvalue weighted by atomic mass is 10.1. The SMILES string of the molecule is CCOc1ccc([C@@H](C)NC(=O)c2ccc(NS(=O)(=O)c3ccc(C)cc3)cc2)cc1. The maximum Gasteiger partial charge on any atom is 0.261 e. The summed E-state index contributed by atoms with van der Waals surface area (Å²) in [5.74, 6) is 0.544. The zero-order valence-electron chi connectivity index (χ0n) is 17.8. The van der Waals surface area contributed by atoms with E-state index in [9.17, 15) is 13.2 Å². The Labute approximate surface area is 183 Å². The predicted molar refractivity (Wildman–Crippen MR) is 122 cm³/mol. The fraction of sp³-hybridized carbons (Fsp3) is 0.208. The number of carbonyl (C=O) groups is 1. The van der Waals surface area contributed by atoms with Gasteiger partial charge >= 0.3 is 0 Å². The molecule has 0 bridgehead atoms. The largest absolute Gasteiger partial charge is 0.494 e. The van der Waals surface area contributed by atoms with Gasteiger partial charge in [-0.3, -0.25) is 9.52 Å². The summed E-state index contributed by atoms with van der Waals surface area (Å²) in [7, 11) is -3.69. The summed E-state index contributed by atoms with van der Waals surface area (Å²) in [5.41, 5.74) is 2.76. The van der Waals surface area contributed by atoms with E-state index in [0.29, 0.717) is 17.9 Å². The Morgan fingerprint density at radius 2 is 1.55 bits per heavy atom. The molecular weight excluding hydrogens is 412 g/mol. The van der Waals surface area contributed by atoms with Gasteiger partial charge in [0.05, 0.1) is 17.5 Å². The zero-order chi connectivity index (χ0) is 22.4. The summed E-state index contributed by atoms with van der Waals surface area (Å²) in [4.78, 5) is 12.8. The van der Waals surface area contributed by atoms with Crippen LogP contribution >= 0.6 is 0 Å². The first-order chi connectivity index (χ1) is 14.8. The van der Waals surface area contributed by atoms with E-state index >= 15 is 0 Å². The molecule has 0 saturated carbocycles. The number of benzene rings is 3. The summed E-state index contributed by atoms with van der Waals surface area (Å²) >= 11 is 0. The molecule has 0 aliphatic carbocycles. The van der Waals surface area contributed by atoms with Crippen LogP contribution in [0.2, 0.25) is 0 Å². The zero-order valence-corrected chi connectivity index (χ0v) is 18.6. The monoisotopic (exact) mass is 438 g/mol. The van der Waals surface area contributed by atoms with Gasteiger partial charge in [0.25, 0.3) is 15.9 Å². The van der Waals surface area contributed by atoms with Crippen LogP contribution in [-0.2, 0) is 10.0 Å². The molecule has 3 aromatic carbocycles. The summed E-state index contributed by atoms with van der Waals surface area (Å²) in [6.45, 7) is 6.32. The normalized spacial score (nSPS) is 12.1. The van der Waals surface area contributed by atoms with Gasteiger partial charge in [0.1, 0.15) is 5.75 Å². The standard InChI is InChI=1S/C24H26N2O4S/c1-4-30-22-13-9-19(10-14-22)18(3)25-24(27)20-7-11-21(12-8-20)26-31(28,29)23-15-5-17(2)6-16-23/h5-16,18,26H,4H2,1-3H3,(H,25,27)/t18-/m1/s1. The van der Waals surface area contributed by atoms with Gasteiger partial charge in [-0.25, -0.2) is 8.42 Å². The van der Waals surface area contributed by atoms with Crippen molar-refractivity contribution in [2.45, 2.75) is 31.7 Å². The minimum atomic E-state index is -3.69. The third-order valence-corrected chi connectivity index (χ3v) is 6.17. The van der Waals surface area contributed by atoms with E-state index in [1.54, 1.807) is 48.5 Å². The number of nitrogens with one attached hydrogen (secondary N) is 2. The summed E-state index contributed by atoms with van der Waals surface area (Å²) < 4.78 is 33.0. The molecular formula is C24H26N2O4S. The van der Waals surface area contributed by atoms with E-state index in [1.165, 1.54) is 0 Å². The fourth-order valence-corrected chi connectivity index (χ4v) is 4.06. The van der Waals surface area contributed by atoms with Gasteiger partial charge in [0.2, 0.25) is 0 Å². The number of rotatable bonds is 8. The van der Waals surface area contributed by atoms with Crippen LogP contribution in [-0.4, -0.2) is 20.9 Å². The quantitative estimate of drug-likeness (QED) is 0.535. The molecule has 3 rings (SSSR count). The van der Waals surface area contributed by atoms with Gasteiger partial charge in [-0.2, -0.15) is 0 Å². The topological polar surface area (TPSA) is 84.5 Å². The summed E-state index contributed by atoms with van der Waals surface area (Å²) in [6, 6.07) is 20.3. The lowest BCUT2D eigenvalue weighted by Crippen LogP contribution is -2.26. The number of hydrogen-bond donors (Lipinski definition) is 2. The average Bonchev–Trinajstić information content (AvgIpc) is 2.75. The minimum Gasteiger partial charge on any atom is -0.494 e. The number of anilines is 1. The third kappa shape index (κ3) is 5.86. The van der Waals surface area contributed by atoms with Gasteiger partial charge in [-0.05, 0) is 74.9 Å². The second kappa shape index (κ2) is 9.66. The molecule has 7 heteroatoms. The highest BCUT2D eigenvalue weighted by molar-refractivity contribution is 7.92. The molecule has 0 saturated heterocycles. The van der Waals surface area contributed by atoms with Crippen LogP contribution < -0.4 is 14.8 Å². The van der Waals surface area contributed by atoms with Gasteiger partial charge in [-0.15, -0.1) is 0 Å². The molecule has 1 amide bonds. The van der Waals surface area contributed by atoms with Crippen molar-refractivity contribution in [2.75, 3.05) is 11.3 Å². The van der Waals surface area contributed by atoms with Crippen molar-refractivity contribution in [3.63, 3.8) is 0 Å². The molecule has 0 radical (unpaired) electrons. The molecule has 3 aromatic rings. The van der Waals surface area contributed by atoms with Gasteiger partial charge in [0, 0.05) is 11.3 Å². The summed E-state index contributed by atoms with van der Waals surface area (Å²) in [6.07, 6.45) is 0. The van der Waals surface area contributed by atoms with E-state index in [2.05, 4.69) is 10.0 Å². The Hall–Kier alpha value is -3.32. The highest BCUT2D eigenvalue weighted by Crippen LogP contribution is 2.20. The highest BCUT2D eigenvalue weighted by atomic mass is 32.2. The van der Waals surface area contributed by atoms with E-state index in [0.717, 1.165) is 16.9 Å². The van der Waals surface area contributed by atoms with Crippen molar-refractivity contribution in [3.8, 4) is 5.75 Å². The van der Waals surface area contributed by atoms with Crippen LogP contribution in [0.25, 0.3) is 0 Å². The second-order valence-electron chi connectivity index (χ2n) is 7.19. The van der Waals surface area contributed by atoms with Crippen molar-refractivity contribution in [3.05, 3.63) is 89.5 Å². The first-order valence-electron chi connectivity index (χ1n) is 10.0. The Morgan fingerprint density at radius 3 is 2.13 bits per heavy atom. The molecule has 1 atom stereocenters. The number of amides is 1. The molecule has 0 aliphatic rings. The molecule has 0 aromatic heterocycles. The van der Waals surface area contributed by atoms with Crippen molar-refractivity contribution < 1.29 is 17.9 Å². The van der Waals surface area contributed by atoms with Crippen LogP contribution in [0.15, 0.2) is 77.7 Å². The molecule has 6 nitrogen and oxygen atoms in total. The fourth-order valence-electron chi connectivity index (χ4n) is 3.00. The number of hydrogen-bond acceptors (Lipinski definition) is 4. The van der Waals surface area contributed by atoms with E-state index < -0.39 is 10.0 Å². The number of carbonyl (C=O) groups excluding carboxylic acids is 1. The van der Waals surface area contributed by atoms with Crippen LogP contribution in [0.5, 0.6) is 5.75 Å². The van der Waals surface area contributed by atoms with Crippen molar-refractivity contribution in [1.29, 1.82) is 0 Å². The van der Waals surface area contributed by atoms with E-state index in [-0.39, 0.29) is 16.8 Å². The van der Waals surface area contributed by atoms with Gasteiger partial charge in [-0.1, -0.05) is 29.8 Å². The molecule has 0 aliphatic heterocycles. The Bertz CT molecular complexity index is 1120. The van der Waals surface area contributed by atoms with Crippen LogP contribution in [0.1, 0.15) is 41.4 Å². The number of ether oxygens (including phenoxy) is 1. The average molecular weight is 439 g/mol. The molecule has 2 N–H and O–H groups in total. The first kappa shape index (κ1) is 22.4. The lowest BCUT2D eigenvalue weighted by molar-refractivity contribution is 0.0940. The Morgan fingerprint density at radius 1 is 0.935 bits per heavy atom. The summed E-state index contributed by atoms with van der Waals surface area (Å²) in [5, 5.41) is 2.94. The van der Waals surface area contributed by atoms with Crippen LogP contribution in [0.4, 0.5) is 5.69 Å². The third-order valence-electron chi connectivity index (χ3n) is 4.77. The molecule has 0 heterocycles.